The maximum absolute atomic E-state index is 9.64. The monoisotopic (exact) mass is 133 g/mol. The summed E-state index contributed by atoms with van der Waals surface area (Å²) in [4.78, 5) is 13.2. The topological polar surface area (TPSA) is 90.4 Å². The molecule has 0 saturated heterocycles. The molecule has 6 heteroatoms. The smallest absolute Gasteiger partial charge is 0.276 e. The van der Waals surface area contributed by atoms with E-state index in [4.69, 9.17) is 5.73 Å². The summed E-state index contributed by atoms with van der Waals surface area (Å²) < 4.78 is 0. The molecular formula is C3H7N3O3. The number of nitrogens with two attached hydrogens (primary N) is 1. The van der Waals surface area contributed by atoms with Crippen LogP contribution in [-0.4, -0.2) is 12.0 Å². The van der Waals surface area contributed by atoms with Crippen LogP contribution >= 0.6 is 0 Å². The van der Waals surface area contributed by atoms with E-state index in [1.54, 1.807) is 0 Å². The van der Waals surface area contributed by atoms with Crippen molar-refractivity contribution in [3.8, 4) is 0 Å². The van der Waals surface area contributed by atoms with Gasteiger partial charge in [-0.3, -0.25) is 15.0 Å². The zero-order valence-corrected chi connectivity index (χ0v) is 4.83. The lowest BCUT2D eigenvalue weighted by Gasteiger charge is -1.96. The molecule has 6 nitrogen and oxygen atoms in total. The summed E-state index contributed by atoms with van der Waals surface area (Å²) in [7, 11) is 1.31. The summed E-state index contributed by atoms with van der Waals surface area (Å²) in [5.41, 5.74) is 7.04. The lowest BCUT2D eigenvalue weighted by atomic mass is 10.8. The molecule has 52 valence electrons. The Hall–Kier alpha value is -1.30. The van der Waals surface area contributed by atoms with Crippen LogP contribution in [0.5, 0.6) is 0 Å². The van der Waals surface area contributed by atoms with Crippen LogP contribution in [0.25, 0.3) is 0 Å². The lowest BCUT2D eigenvalue weighted by Crippen LogP contribution is -2.19. The predicted molar refractivity (Wildman–Crippen MR) is 29.4 cm³/mol. The summed E-state index contributed by atoms with van der Waals surface area (Å²) in [6.45, 7) is 0. The highest BCUT2D eigenvalue weighted by atomic mass is 16.6. The van der Waals surface area contributed by atoms with Gasteiger partial charge in [0, 0.05) is 0 Å². The van der Waals surface area contributed by atoms with E-state index in [1.165, 1.54) is 7.11 Å². The molecule has 0 amide bonds. The third-order valence-corrected chi connectivity index (χ3v) is 0.464. The Kier molecular flexibility index (Phi) is 3.14. The largest absolute Gasteiger partial charge is 0.379 e. The van der Waals surface area contributed by atoms with Crippen molar-refractivity contribution in [2.45, 2.75) is 0 Å². The Morgan fingerprint density at radius 2 is 2.56 bits per heavy atom. The molecule has 0 aliphatic rings. The highest BCUT2D eigenvalue weighted by molar-refractivity contribution is 4.82. The van der Waals surface area contributed by atoms with Crippen molar-refractivity contribution in [1.82, 2.24) is 5.48 Å². The van der Waals surface area contributed by atoms with Crippen molar-refractivity contribution in [3.63, 3.8) is 0 Å². The molecule has 0 aliphatic heterocycles. The molecule has 0 aromatic heterocycles. The minimum absolute atomic E-state index is 0.137. The lowest BCUT2D eigenvalue weighted by molar-refractivity contribution is -0.404. The van der Waals surface area contributed by atoms with Crippen molar-refractivity contribution in [3.05, 3.63) is 22.1 Å². The first-order chi connectivity index (χ1) is 4.16. The Balaban J connectivity index is 3.69. The van der Waals surface area contributed by atoms with Crippen LogP contribution in [0.1, 0.15) is 0 Å². The normalized spacial score (nSPS) is 11.0. The number of hydroxylamine groups is 1. The maximum atomic E-state index is 9.64. The molecule has 0 aromatic carbocycles. The highest BCUT2D eigenvalue weighted by Gasteiger charge is 1.92. The van der Waals surface area contributed by atoms with Crippen LogP contribution in [0.2, 0.25) is 0 Å². The zero-order chi connectivity index (χ0) is 7.28. The molecular weight excluding hydrogens is 126 g/mol. The summed E-state index contributed by atoms with van der Waals surface area (Å²) >= 11 is 0. The molecule has 0 fully saturated rings. The van der Waals surface area contributed by atoms with Gasteiger partial charge in [0.25, 0.3) is 6.20 Å². The molecule has 0 saturated carbocycles. The number of nitrogens with one attached hydrogen (secondary N) is 1. The third kappa shape index (κ3) is 4.56. The quantitative estimate of drug-likeness (QED) is 0.387. The van der Waals surface area contributed by atoms with Crippen molar-refractivity contribution < 1.29 is 9.76 Å². The SMILES string of the molecule is CON/C(N)=C/[N+](=O)[O-]. The van der Waals surface area contributed by atoms with E-state index in [0.717, 1.165) is 0 Å². The summed E-state index contributed by atoms with van der Waals surface area (Å²) in [5, 5.41) is 9.64. The number of hydrogen-bond donors (Lipinski definition) is 2. The Labute approximate surface area is 51.4 Å². The standard InChI is InChI=1S/C3H7N3O3/c1-9-5-3(4)2-6(7)8/h2,5H,4H2,1H3/b3-2+. The van der Waals surface area contributed by atoms with Gasteiger partial charge >= 0.3 is 0 Å². The maximum Gasteiger partial charge on any atom is 0.276 e. The molecule has 0 radical (unpaired) electrons. The van der Waals surface area contributed by atoms with Crippen LogP contribution in [0, 0.1) is 10.1 Å². The van der Waals surface area contributed by atoms with Crippen molar-refractivity contribution in [1.29, 1.82) is 0 Å². The molecule has 9 heavy (non-hydrogen) atoms. The predicted octanol–water partition coefficient (Wildman–Crippen LogP) is -0.828. The second kappa shape index (κ2) is 3.67. The molecule has 0 aliphatic carbocycles. The second-order valence-electron chi connectivity index (χ2n) is 1.18. The van der Waals surface area contributed by atoms with Gasteiger partial charge in [0.05, 0.1) is 12.0 Å². The molecule has 0 heterocycles. The fourth-order valence-corrected chi connectivity index (χ4v) is 0.258. The van der Waals surface area contributed by atoms with Crippen molar-refractivity contribution in [2.75, 3.05) is 7.11 Å². The van der Waals surface area contributed by atoms with Crippen LogP contribution in [0.4, 0.5) is 0 Å². The van der Waals surface area contributed by atoms with Gasteiger partial charge in [-0.15, -0.1) is 0 Å². The number of hydrogen-bond acceptors (Lipinski definition) is 5. The average Bonchev–Trinajstić information content (AvgIpc) is 1.63. The van der Waals surface area contributed by atoms with E-state index in [-0.39, 0.29) is 5.82 Å². The fraction of sp³-hybridized carbons (Fsp3) is 0.333. The van der Waals surface area contributed by atoms with Crippen LogP contribution in [0.3, 0.4) is 0 Å². The average molecular weight is 133 g/mol. The third-order valence-electron chi connectivity index (χ3n) is 0.464. The first kappa shape index (κ1) is 7.70. The first-order valence-electron chi connectivity index (χ1n) is 2.06. The van der Waals surface area contributed by atoms with Gasteiger partial charge in [-0.05, 0) is 0 Å². The van der Waals surface area contributed by atoms with Crippen LogP contribution in [0.15, 0.2) is 12.0 Å². The fourth-order valence-electron chi connectivity index (χ4n) is 0.258. The summed E-state index contributed by atoms with van der Waals surface area (Å²) in [6, 6.07) is 0. The van der Waals surface area contributed by atoms with Crippen LogP contribution in [-0.2, 0) is 4.84 Å². The zero-order valence-electron chi connectivity index (χ0n) is 4.83. The molecule has 0 rings (SSSR count). The highest BCUT2D eigenvalue weighted by Crippen LogP contribution is 1.76. The van der Waals surface area contributed by atoms with E-state index in [2.05, 4.69) is 10.3 Å². The Bertz CT molecular complexity index is 132. The Morgan fingerprint density at radius 1 is 2.00 bits per heavy atom. The van der Waals surface area contributed by atoms with Gasteiger partial charge in [-0.2, -0.15) is 0 Å². The van der Waals surface area contributed by atoms with Gasteiger partial charge in [0.2, 0.25) is 0 Å². The van der Waals surface area contributed by atoms with E-state index in [1.807, 2.05) is 0 Å². The van der Waals surface area contributed by atoms with Crippen molar-refractivity contribution in [2.24, 2.45) is 5.73 Å². The van der Waals surface area contributed by atoms with Gasteiger partial charge < -0.3 is 5.73 Å². The van der Waals surface area contributed by atoms with Crippen molar-refractivity contribution >= 4 is 0 Å². The molecule has 0 aromatic rings. The van der Waals surface area contributed by atoms with Gasteiger partial charge in [0.1, 0.15) is 0 Å². The second-order valence-corrected chi connectivity index (χ2v) is 1.18. The Morgan fingerprint density at radius 3 is 2.89 bits per heavy atom. The molecule has 0 spiro atoms. The van der Waals surface area contributed by atoms with Gasteiger partial charge in [-0.1, -0.05) is 0 Å². The van der Waals surface area contributed by atoms with E-state index < -0.39 is 4.92 Å². The molecule has 0 bridgehead atoms. The number of rotatable bonds is 3. The van der Waals surface area contributed by atoms with Crippen LogP contribution < -0.4 is 11.2 Å². The van der Waals surface area contributed by atoms with E-state index >= 15 is 0 Å². The minimum atomic E-state index is -0.679. The van der Waals surface area contributed by atoms with Gasteiger partial charge in [-0.25, -0.2) is 5.48 Å². The summed E-state index contributed by atoms with van der Waals surface area (Å²) in [5.74, 6) is -0.137. The number of nitrogens with zero attached hydrogens (tertiary/aromatic N) is 1. The van der Waals surface area contributed by atoms with Gasteiger partial charge in [0.15, 0.2) is 5.82 Å². The minimum Gasteiger partial charge on any atom is -0.379 e. The summed E-state index contributed by atoms with van der Waals surface area (Å²) in [6.07, 6.45) is 0.601. The number of nitro groups is 1. The first-order valence-corrected chi connectivity index (χ1v) is 2.06. The molecule has 3 N–H and O–H groups in total. The van der Waals surface area contributed by atoms with E-state index in [9.17, 15) is 10.1 Å². The molecule has 0 unspecified atom stereocenters. The molecule has 0 atom stereocenters. The van der Waals surface area contributed by atoms with E-state index in [0.29, 0.717) is 6.20 Å².